The normalized spacial score (nSPS) is 34.6. The van der Waals surface area contributed by atoms with Crippen LogP contribution in [0.25, 0.3) is 0 Å². The molecule has 0 saturated heterocycles. The second-order valence-electron chi connectivity index (χ2n) is 8.83. The van der Waals surface area contributed by atoms with Crippen molar-refractivity contribution >= 4 is 33.5 Å². The first-order valence-electron chi connectivity index (χ1n) is 9.50. The third-order valence-electron chi connectivity index (χ3n) is 6.42. The Balaban J connectivity index is 1.38. The molecule has 4 atom stereocenters. The number of alkyl halides is 1. The van der Waals surface area contributed by atoms with Crippen LogP contribution in [0.1, 0.15) is 49.7 Å². The van der Waals surface area contributed by atoms with E-state index in [1.54, 1.807) is 0 Å². The van der Waals surface area contributed by atoms with Crippen LogP contribution in [-0.2, 0) is 14.3 Å². The molecule has 0 radical (unpaired) electrons. The second-order valence-corrected chi connectivity index (χ2v) is 10.5. The predicted octanol–water partition coefficient (Wildman–Crippen LogP) is 4.52. The highest BCUT2D eigenvalue weighted by molar-refractivity contribution is 9.10. The number of hydrogen-bond acceptors (Lipinski definition) is 3. The van der Waals surface area contributed by atoms with Gasteiger partial charge in [0.25, 0.3) is 5.91 Å². The fraction of sp³-hybridized carbons (Fsp3) is 0.619. The van der Waals surface area contributed by atoms with E-state index in [2.05, 4.69) is 21.2 Å². The van der Waals surface area contributed by atoms with Gasteiger partial charge in [-0.15, -0.1) is 0 Å². The van der Waals surface area contributed by atoms with Gasteiger partial charge in [0.05, 0.1) is 5.41 Å². The van der Waals surface area contributed by atoms with Gasteiger partial charge >= 0.3 is 5.97 Å². The average Bonchev–Trinajstić information content (AvgIpc) is 2.53. The zero-order valence-corrected chi connectivity index (χ0v) is 17.0. The molecule has 0 heterocycles. The molecule has 4 nitrogen and oxygen atoms in total. The van der Waals surface area contributed by atoms with Crippen molar-refractivity contribution in [3.05, 3.63) is 29.3 Å². The molecule has 1 N–H and O–H groups in total. The summed E-state index contributed by atoms with van der Waals surface area (Å²) < 4.78 is 5.61. The Morgan fingerprint density at radius 2 is 1.88 bits per heavy atom. The highest BCUT2D eigenvalue weighted by Crippen LogP contribution is 2.64. The molecular weight excluding hydrogens is 394 g/mol. The highest BCUT2D eigenvalue weighted by Gasteiger charge is 2.60. The molecule has 0 spiro atoms. The number of amides is 1. The number of carbonyl (C=O) groups is 2. The van der Waals surface area contributed by atoms with Gasteiger partial charge in [0.15, 0.2) is 6.61 Å². The van der Waals surface area contributed by atoms with E-state index in [-0.39, 0.29) is 28.2 Å². The van der Waals surface area contributed by atoms with Crippen LogP contribution in [0.5, 0.6) is 0 Å². The number of hydrogen-bond donors (Lipinski definition) is 1. The van der Waals surface area contributed by atoms with E-state index in [4.69, 9.17) is 4.74 Å². The van der Waals surface area contributed by atoms with Crippen LogP contribution in [0.3, 0.4) is 0 Å². The van der Waals surface area contributed by atoms with Crippen LogP contribution < -0.4 is 5.32 Å². The van der Waals surface area contributed by atoms with E-state index in [0.29, 0.717) is 11.8 Å². The largest absolute Gasteiger partial charge is 0.455 e. The van der Waals surface area contributed by atoms with Gasteiger partial charge < -0.3 is 10.1 Å². The minimum absolute atomic E-state index is 0.108. The van der Waals surface area contributed by atoms with E-state index in [9.17, 15) is 9.59 Å². The summed E-state index contributed by atoms with van der Waals surface area (Å²) in [6.07, 6.45) is 6.29. The number of anilines is 1. The molecule has 5 rings (SSSR count). The Labute approximate surface area is 163 Å². The minimum Gasteiger partial charge on any atom is -0.455 e. The molecule has 1 aromatic carbocycles. The van der Waals surface area contributed by atoms with Crippen LogP contribution in [0.4, 0.5) is 5.69 Å². The van der Waals surface area contributed by atoms with Gasteiger partial charge in [-0.1, -0.05) is 28.1 Å². The van der Waals surface area contributed by atoms with Gasteiger partial charge in [-0.05, 0) is 81.4 Å². The summed E-state index contributed by atoms with van der Waals surface area (Å²) in [6.45, 7) is 3.73. The van der Waals surface area contributed by atoms with Crippen LogP contribution >= 0.6 is 15.9 Å². The van der Waals surface area contributed by atoms with Crippen molar-refractivity contribution in [2.45, 2.75) is 56.7 Å². The Kier molecular flexibility index (Phi) is 4.41. The Morgan fingerprint density at radius 1 is 1.19 bits per heavy atom. The fourth-order valence-electron chi connectivity index (χ4n) is 5.73. The molecule has 4 bridgehead atoms. The van der Waals surface area contributed by atoms with Crippen molar-refractivity contribution in [2.24, 2.45) is 17.3 Å². The summed E-state index contributed by atoms with van der Waals surface area (Å²) >= 11 is 3.91. The molecule has 4 aliphatic rings. The molecule has 2 unspecified atom stereocenters. The summed E-state index contributed by atoms with van der Waals surface area (Å²) in [5, 5.41) is 2.86. The van der Waals surface area contributed by atoms with Gasteiger partial charge in [0.1, 0.15) is 0 Å². The third kappa shape index (κ3) is 3.30. The smallest absolute Gasteiger partial charge is 0.312 e. The van der Waals surface area contributed by atoms with Gasteiger partial charge in [-0.3, -0.25) is 9.59 Å². The number of nitrogens with one attached hydrogen (secondary N) is 1. The summed E-state index contributed by atoms with van der Waals surface area (Å²) in [4.78, 5) is 25.2. The van der Waals surface area contributed by atoms with Crippen molar-refractivity contribution in [2.75, 3.05) is 11.9 Å². The molecule has 4 aliphatic carbocycles. The van der Waals surface area contributed by atoms with Crippen LogP contribution in [0.2, 0.25) is 0 Å². The molecule has 26 heavy (non-hydrogen) atoms. The lowest BCUT2D eigenvalue weighted by Crippen LogP contribution is -2.56. The summed E-state index contributed by atoms with van der Waals surface area (Å²) in [5.41, 5.74) is 2.48. The molecule has 0 aliphatic heterocycles. The maximum absolute atomic E-state index is 12.9. The summed E-state index contributed by atoms with van der Waals surface area (Å²) in [7, 11) is 0. The number of carbonyl (C=O) groups excluding carboxylic acids is 2. The minimum atomic E-state index is -0.382. The van der Waals surface area contributed by atoms with Crippen molar-refractivity contribution in [1.82, 2.24) is 0 Å². The second kappa shape index (κ2) is 6.36. The lowest BCUT2D eigenvalue weighted by atomic mass is 9.49. The quantitative estimate of drug-likeness (QED) is 0.576. The maximum atomic E-state index is 12.9. The van der Waals surface area contributed by atoms with Crippen molar-refractivity contribution in [3.8, 4) is 0 Å². The van der Waals surface area contributed by atoms with Gasteiger partial charge in [0, 0.05) is 10.0 Å². The first-order chi connectivity index (χ1) is 12.3. The van der Waals surface area contributed by atoms with Crippen LogP contribution in [0, 0.1) is 31.1 Å². The first kappa shape index (κ1) is 18.0. The van der Waals surface area contributed by atoms with Gasteiger partial charge in [-0.2, -0.15) is 0 Å². The van der Waals surface area contributed by atoms with E-state index >= 15 is 0 Å². The molecule has 0 aromatic heterocycles. The molecule has 1 amide bonds. The topological polar surface area (TPSA) is 55.4 Å². The number of rotatable bonds is 4. The van der Waals surface area contributed by atoms with Crippen molar-refractivity contribution in [3.63, 3.8) is 0 Å². The van der Waals surface area contributed by atoms with E-state index in [1.165, 1.54) is 19.3 Å². The maximum Gasteiger partial charge on any atom is 0.312 e. The molecule has 5 heteroatoms. The van der Waals surface area contributed by atoms with E-state index < -0.39 is 0 Å². The Bertz CT molecular complexity index is 746. The molecular formula is C21H26BrNO3. The number of esters is 1. The fourth-order valence-corrected chi connectivity index (χ4v) is 7.18. The van der Waals surface area contributed by atoms with E-state index in [0.717, 1.165) is 36.1 Å². The average molecular weight is 420 g/mol. The summed E-state index contributed by atoms with van der Waals surface area (Å²) in [5.74, 6) is 0.788. The molecule has 4 saturated carbocycles. The number of ether oxygens (including phenoxy) is 1. The Morgan fingerprint density at radius 3 is 2.54 bits per heavy atom. The number of benzene rings is 1. The number of halogens is 1. The lowest BCUT2D eigenvalue weighted by molar-refractivity contribution is -0.170. The molecule has 1 aromatic rings. The highest BCUT2D eigenvalue weighted by atomic mass is 79.9. The van der Waals surface area contributed by atoms with Gasteiger partial charge in [0.2, 0.25) is 0 Å². The molecule has 4 fully saturated rings. The Hall–Kier alpha value is -1.36. The standard InChI is InChI=1S/C21H26BrNO3/c1-13-3-4-14(2)17(5-13)23-18(24)11-26-19(25)20-7-15-6-16(8-20)10-21(22,9-15)12-20/h3-5,15-16H,6-12H2,1-2H3,(H,23,24)/t15-,16+,20?,21?. The van der Waals surface area contributed by atoms with E-state index in [1.807, 2.05) is 32.0 Å². The molecule has 140 valence electrons. The van der Waals surface area contributed by atoms with Crippen LogP contribution in [-0.4, -0.2) is 22.8 Å². The number of aryl methyl sites for hydroxylation is 2. The first-order valence-corrected chi connectivity index (χ1v) is 10.3. The van der Waals surface area contributed by atoms with Gasteiger partial charge in [-0.25, -0.2) is 0 Å². The van der Waals surface area contributed by atoms with Crippen LogP contribution in [0.15, 0.2) is 18.2 Å². The zero-order chi connectivity index (χ0) is 18.5. The third-order valence-corrected chi connectivity index (χ3v) is 7.35. The summed E-state index contributed by atoms with van der Waals surface area (Å²) in [6, 6.07) is 5.92. The monoisotopic (exact) mass is 419 g/mol. The SMILES string of the molecule is Cc1ccc(C)c(NC(=O)COC(=O)C23C[C@@H]4C[C@@H](CC(Br)(C4)C2)C3)c1. The lowest BCUT2D eigenvalue weighted by Gasteiger charge is -2.58. The van der Waals surface area contributed by atoms with Crippen molar-refractivity contribution in [1.29, 1.82) is 0 Å². The predicted molar refractivity (Wildman–Crippen MR) is 104 cm³/mol. The van der Waals surface area contributed by atoms with Crippen molar-refractivity contribution < 1.29 is 14.3 Å². The zero-order valence-electron chi connectivity index (χ0n) is 15.4.